The molecule has 144 valence electrons. The van der Waals surface area contributed by atoms with Crippen molar-refractivity contribution in [1.29, 1.82) is 5.26 Å². The molecule has 0 aliphatic carbocycles. The van der Waals surface area contributed by atoms with Gasteiger partial charge in [-0.05, 0) is 49.2 Å². The molecule has 2 aromatic carbocycles. The van der Waals surface area contributed by atoms with Crippen LogP contribution in [0.15, 0.2) is 42.5 Å². The minimum atomic E-state index is 0.0317. The van der Waals surface area contributed by atoms with E-state index < -0.39 is 0 Å². The van der Waals surface area contributed by atoms with Crippen molar-refractivity contribution in [2.75, 3.05) is 38.7 Å². The molecule has 0 spiro atoms. The third-order valence-electron chi connectivity index (χ3n) is 5.23. The van der Waals surface area contributed by atoms with Crippen LogP contribution in [0, 0.1) is 11.3 Å². The van der Waals surface area contributed by atoms with Gasteiger partial charge >= 0.3 is 0 Å². The first-order valence-electron chi connectivity index (χ1n) is 9.46. The first-order valence-corrected chi connectivity index (χ1v) is 9.46. The number of hydrogen-bond acceptors (Lipinski definition) is 4. The summed E-state index contributed by atoms with van der Waals surface area (Å²) in [6, 6.07) is 15.7. The number of benzene rings is 2. The monoisotopic (exact) mass is 375 g/mol. The number of fused-ring (bicyclic) bond motifs is 1. The van der Waals surface area contributed by atoms with Crippen LogP contribution in [-0.2, 0) is 0 Å². The molecule has 1 amide bonds. The zero-order chi connectivity index (χ0) is 20.3. The Morgan fingerprint density at radius 2 is 1.86 bits per heavy atom. The van der Waals surface area contributed by atoms with Crippen LogP contribution in [0.5, 0.6) is 5.75 Å². The van der Waals surface area contributed by atoms with Gasteiger partial charge in [0.25, 0.3) is 5.91 Å². The summed E-state index contributed by atoms with van der Waals surface area (Å²) in [6.45, 7) is 5.94. The van der Waals surface area contributed by atoms with Crippen LogP contribution in [0.25, 0.3) is 11.1 Å². The van der Waals surface area contributed by atoms with Crippen molar-refractivity contribution < 1.29 is 9.53 Å². The predicted octanol–water partition coefficient (Wildman–Crippen LogP) is 4.06. The van der Waals surface area contributed by atoms with E-state index in [1.165, 1.54) is 0 Å². The second-order valence-electron chi connectivity index (χ2n) is 6.76. The number of carbonyl (C=O) groups is 1. The van der Waals surface area contributed by atoms with Gasteiger partial charge in [0.15, 0.2) is 0 Å². The molecule has 0 aromatic heterocycles. The van der Waals surface area contributed by atoms with Crippen molar-refractivity contribution >= 4 is 22.7 Å². The number of nitrogens with zero attached hydrogens (tertiary/aromatic N) is 3. The van der Waals surface area contributed by atoms with E-state index in [2.05, 4.69) is 11.0 Å². The normalized spacial score (nSPS) is 13.0. The molecule has 0 atom stereocenters. The molecule has 0 fully saturated rings. The van der Waals surface area contributed by atoms with E-state index in [0.29, 0.717) is 30.8 Å². The number of likely N-dealkylation sites (N-methyl/N-ethyl adjacent to an activating group) is 1. The van der Waals surface area contributed by atoms with Gasteiger partial charge in [-0.25, -0.2) is 0 Å². The molecule has 3 rings (SSSR count). The van der Waals surface area contributed by atoms with Gasteiger partial charge in [0.1, 0.15) is 11.8 Å². The first kappa shape index (κ1) is 19.5. The Kier molecular flexibility index (Phi) is 5.70. The first-order chi connectivity index (χ1) is 13.5. The number of rotatable bonds is 5. The largest absolute Gasteiger partial charge is 0.497 e. The number of hydrogen-bond donors (Lipinski definition) is 0. The molecule has 1 aliphatic rings. The summed E-state index contributed by atoms with van der Waals surface area (Å²) >= 11 is 0. The lowest BCUT2D eigenvalue weighted by Crippen LogP contribution is -2.30. The van der Waals surface area contributed by atoms with Gasteiger partial charge in [-0.1, -0.05) is 12.1 Å². The van der Waals surface area contributed by atoms with Crippen LogP contribution in [0.3, 0.4) is 0 Å². The highest BCUT2D eigenvalue weighted by Gasteiger charge is 2.24. The standard InChI is InChI=1S/C23H25N3O2/c1-5-26(6-2)23(27)17-9-7-16(8-10-17)21-15-25(3)22-13-18(28-4)11-12-19(22)20(21)14-24/h7-13H,5-6,15H2,1-4H3. The zero-order valence-electron chi connectivity index (χ0n) is 16.8. The summed E-state index contributed by atoms with van der Waals surface area (Å²) in [4.78, 5) is 16.4. The summed E-state index contributed by atoms with van der Waals surface area (Å²) in [6.07, 6.45) is 0. The number of amides is 1. The van der Waals surface area contributed by atoms with Crippen molar-refractivity contribution in [2.24, 2.45) is 0 Å². The van der Waals surface area contributed by atoms with Crippen LogP contribution >= 0.6 is 0 Å². The number of anilines is 1. The second-order valence-corrected chi connectivity index (χ2v) is 6.76. The van der Waals surface area contributed by atoms with Gasteiger partial charge in [-0.2, -0.15) is 5.26 Å². The summed E-state index contributed by atoms with van der Waals surface area (Å²) in [5, 5.41) is 9.84. The second kappa shape index (κ2) is 8.18. The molecule has 0 saturated heterocycles. The Balaban J connectivity index is 2.01. The van der Waals surface area contributed by atoms with Gasteiger partial charge in [0.05, 0.1) is 12.7 Å². The molecule has 0 N–H and O–H groups in total. The third kappa shape index (κ3) is 3.46. The Morgan fingerprint density at radius 3 is 2.43 bits per heavy atom. The Labute approximate surface area is 166 Å². The molecular weight excluding hydrogens is 350 g/mol. The molecule has 1 heterocycles. The highest BCUT2D eigenvalue weighted by molar-refractivity contribution is 6.04. The molecule has 0 saturated carbocycles. The number of carbonyl (C=O) groups excluding carboxylic acids is 1. The molecule has 5 nitrogen and oxygen atoms in total. The fraction of sp³-hybridized carbons (Fsp3) is 0.304. The molecule has 0 bridgehead atoms. The van der Waals surface area contributed by atoms with Crippen LogP contribution in [0.1, 0.15) is 35.3 Å². The predicted molar refractivity (Wildman–Crippen MR) is 112 cm³/mol. The highest BCUT2D eigenvalue weighted by Crippen LogP contribution is 2.39. The van der Waals surface area contributed by atoms with Crippen molar-refractivity contribution in [3.63, 3.8) is 0 Å². The number of methoxy groups -OCH3 is 1. The highest BCUT2D eigenvalue weighted by atomic mass is 16.5. The van der Waals surface area contributed by atoms with Gasteiger partial charge < -0.3 is 14.5 Å². The fourth-order valence-corrected chi connectivity index (χ4v) is 3.60. The van der Waals surface area contributed by atoms with E-state index in [-0.39, 0.29) is 5.91 Å². The summed E-state index contributed by atoms with van der Waals surface area (Å²) in [5.41, 5.74) is 5.13. The van der Waals surface area contributed by atoms with Crippen LogP contribution in [0.4, 0.5) is 5.69 Å². The average Bonchev–Trinajstić information content (AvgIpc) is 2.74. The number of allylic oxidation sites excluding steroid dienone is 1. The summed E-state index contributed by atoms with van der Waals surface area (Å²) in [5.74, 6) is 0.801. The van der Waals surface area contributed by atoms with Crippen molar-refractivity contribution in [2.45, 2.75) is 13.8 Å². The Hall–Kier alpha value is -3.26. The van der Waals surface area contributed by atoms with Crippen molar-refractivity contribution in [1.82, 2.24) is 4.90 Å². The van der Waals surface area contributed by atoms with E-state index in [0.717, 1.165) is 28.1 Å². The van der Waals surface area contributed by atoms with E-state index in [9.17, 15) is 10.1 Å². The lowest BCUT2D eigenvalue weighted by Gasteiger charge is -2.30. The van der Waals surface area contributed by atoms with E-state index in [4.69, 9.17) is 4.74 Å². The van der Waals surface area contributed by atoms with Gasteiger partial charge in [0.2, 0.25) is 0 Å². The SMILES string of the molecule is CCN(CC)C(=O)c1ccc(C2=C(C#N)c3ccc(OC)cc3N(C)C2)cc1. The maximum absolute atomic E-state index is 12.5. The van der Waals surface area contributed by atoms with Crippen LogP contribution < -0.4 is 9.64 Å². The lowest BCUT2D eigenvalue weighted by molar-refractivity contribution is 0.0773. The summed E-state index contributed by atoms with van der Waals surface area (Å²) < 4.78 is 5.32. The van der Waals surface area contributed by atoms with Crippen LogP contribution in [-0.4, -0.2) is 44.6 Å². The minimum Gasteiger partial charge on any atom is -0.497 e. The minimum absolute atomic E-state index is 0.0317. The average molecular weight is 375 g/mol. The molecule has 1 aliphatic heterocycles. The van der Waals surface area contributed by atoms with E-state index >= 15 is 0 Å². The van der Waals surface area contributed by atoms with E-state index in [1.807, 2.05) is 63.4 Å². The fourth-order valence-electron chi connectivity index (χ4n) is 3.60. The summed E-state index contributed by atoms with van der Waals surface area (Å²) in [7, 11) is 3.64. The maximum atomic E-state index is 12.5. The maximum Gasteiger partial charge on any atom is 0.253 e. The molecule has 28 heavy (non-hydrogen) atoms. The molecule has 0 radical (unpaired) electrons. The van der Waals surface area contributed by atoms with Crippen LogP contribution in [0.2, 0.25) is 0 Å². The quantitative estimate of drug-likeness (QED) is 0.791. The van der Waals surface area contributed by atoms with Gasteiger partial charge in [-0.15, -0.1) is 0 Å². The van der Waals surface area contributed by atoms with Crippen molar-refractivity contribution in [3.05, 3.63) is 59.2 Å². The number of nitriles is 1. The lowest BCUT2D eigenvalue weighted by atomic mass is 9.90. The van der Waals surface area contributed by atoms with Gasteiger partial charge in [0, 0.05) is 49.6 Å². The Bertz CT molecular complexity index is 951. The molecule has 5 heteroatoms. The van der Waals surface area contributed by atoms with Crippen molar-refractivity contribution in [3.8, 4) is 11.8 Å². The molecule has 0 unspecified atom stereocenters. The van der Waals surface area contributed by atoms with E-state index in [1.54, 1.807) is 12.0 Å². The zero-order valence-corrected chi connectivity index (χ0v) is 16.8. The number of ether oxygens (including phenoxy) is 1. The topological polar surface area (TPSA) is 56.6 Å². The Morgan fingerprint density at radius 1 is 1.18 bits per heavy atom. The smallest absolute Gasteiger partial charge is 0.253 e. The molecule has 2 aromatic rings. The third-order valence-corrected chi connectivity index (χ3v) is 5.23. The van der Waals surface area contributed by atoms with Gasteiger partial charge in [-0.3, -0.25) is 4.79 Å². The molecular formula is C23H25N3O2.